The summed E-state index contributed by atoms with van der Waals surface area (Å²) in [6.45, 7) is 0. The lowest BCUT2D eigenvalue weighted by atomic mass is 10.0. The van der Waals surface area contributed by atoms with Gasteiger partial charge >= 0.3 is 18.0 Å². The number of halogens is 3. The maximum absolute atomic E-state index is 13.7. The Balaban J connectivity index is 1.87. The van der Waals surface area contributed by atoms with E-state index in [1.165, 1.54) is 12.1 Å². The first-order valence-electron chi connectivity index (χ1n) is 10.2. The van der Waals surface area contributed by atoms with Crippen molar-refractivity contribution in [2.24, 2.45) is 10.2 Å². The van der Waals surface area contributed by atoms with E-state index in [0.29, 0.717) is 0 Å². The Bertz CT molecular complexity index is 1840. The van der Waals surface area contributed by atoms with E-state index in [1.54, 1.807) is 0 Å². The fourth-order valence-corrected chi connectivity index (χ4v) is 4.03. The number of carboxylic acids is 2. The molecule has 0 saturated carbocycles. The highest BCUT2D eigenvalue weighted by Crippen LogP contribution is 2.40. The van der Waals surface area contributed by atoms with Gasteiger partial charge in [0.05, 0.1) is 16.1 Å². The summed E-state index contributed by atoms with van der Waals surface area (Å²) in [5.41, 5.74) is -1.76. The minimum absolute atomic E-state index is 0.0792. The van der Waals surface area contributed by atoms with E-state index in [9.17, 15) is 46.7 Å². The van der Waals surface area contributed by atoms with Crippen LogP contribution < -0.4 is 5.32 Å². The van der Waals surface area contributed by atoms with Gasteiger partial charge in [-0.2, -0.15) is 32.3 Å². The van der Waals surface area contributed by atoms with Crippen molar-refractivity contribution in [3.63, 3.8) is 0 Å². The van der Waals surface area contributed by atoms with Gasteiger partial charge in [0.1, 0.15) is 16.3 Å². The van der Waals surface area contributed by atoms with E-state index in [1.807, 2.05) is 0 Å². The van der Waals surface area contributed by atoms with Crippen molar-refractivity contribution in [3.05, 3.63) is 70.6 Å². The highest BCUT2D eigenvalue weighted by molar-refractivity contribution is 7.85. The second-order valence-corrected chi connectivity index (χ2v) is 9.43. The van der Waals surface area contributed by atoms with Gasteiger partial charge in [0.15, 0.2) is 11.6 Å². The Morgan fingerprint density at radius 1 is 0.974 bits per heavy atom. The van der Waals surface area contributed by atoms with Gasteiger partial charge in [0.25, 0.3) is 10.1 Å². The predicted octanol–water partition coefficient (Wildman–Crippen LogP) is 5.07. The largest absolute Gasteiger partial charge is 0.505 e. The molecule has 0 bridgehead atoms. The summed E-state index contributed by atoms with van der Waals surface area (Å²) < 4.78 is 60.3. The highest BCUT2D eigenvalue weighted by Gasteiger charge is 2.20. The Kier molecular flexibility index (Phi) is 7.10. The molecule has 0 aliphatic rings. The van der Waals surface area contributed by atoms with E-state index in [4.69, 9.17) is 11.6 Å². The van der Waals surface area contributed by atoms with E-state index in [-0.39, 0.29) is 27.7 Å². The Hall–Kier alpha value is -4.80. The summed E-state index contributed by atoms with van der Waals surface area (Å²) in [6.07, 6.45) is -1.49. The summed E-state index contributed by atoms with van der Waals surface area (Å²) in [4.78, 5) is 28.3. The molecule has 0 aliphatic carbocycles. The number of fused-ring (bicyclic) bond motifs is 1. The lowest BCUT2D eigenvalue weighted by molar-refractivity contribution is 0.0685. The summed E-state index contributed by atoms with van der Waals surface area (Å²) in [5, 5.41) is 38.6. The van der Waals surface area contributed by atoms with Gasteiger partial charge in [-0.1, -0.05) is 17.7 Å². The number of nitrogens with one attached hydrogen (secondary N) is 1. The third-order valence-corrected chi connectivity index (χ3v) is 6.23. The Morgan fingerprint density at radius 3 is 2.33 bits per heavy atom. The standard InChI is InChI=1S/C22H12ClF2N5O8S/c23-15-18(24)27-22(25)28-19(15)26-10-5-11(7-12(6-10)39(36,37)38)29-30-16-13-2-1-8(20(32)33)3-9(13)4-14(17(16)31)21(34)35/h1-7,31H,(H,32,33)(H,34,35)(H,26,27,28)(H,36,37,38). The molecule has 1 heterocycles. The number of phenols is 1. The number of benzene rings is 3. The number of anilines is 2. The van der Waals surface area contributed by atoms with Crippen molar-refractivity contribution in [3.8, 4) is 5.75 Å². The van der Waals surface area contributed by atoms with Crippen LogP contribution in [0.25, 0.3) is 10.8 Å². The smallest absolute Gasteiger partial charge is 0.339 e. The molecule has 39 heavy (non-hydrogen) atoms. The van der Waals surface area contributed by atoms with Crippen molar-refractivity contribution >= 4 is 67.3 Å². The lowest BCUT2D eigenvalue weighted by Crippen LogP contribution is -2.03. The van der Waals surface area contributed by atoms with E-state index in [2.05, 4.69) is 25.5 Å². The monoisotopic (exact) mass is 579 g/mol. The van der Waals surface area contributed by atoms with Crippen LogP contribution in [0.5, 0.6) is 5.75 Å². The molecule has 0 saturated heterocycles. The topological polar surface area (TPSA) is 212 Å². The van der Waals surface area contributed by atoms with Crippen molar-refractivity contribution in [2.75, 3.05) is 5.32 Å². The number of carbonyl (C=O) groups is 2. The zero-order valence-electron chi connectivity index (χ0n) is 18.8. The molecule has 4 aromatic rings. The maximum Gasteiger partial charge on any atom is 0.339 e. The third kappa shape index (κ3) is 5.71. The number of rotatable bonds is 7. The van der Waals surface area contributed by atoms with E-state index >= 15 is 0 Å². The molecule has 4 rings (SSSR count). The average Bonchev–Trinajstić information content (AvgIpc) is 2.85. The lowest BCUT2D eigenvalue weighted by Gasteiger charge is -2.10. The minimum atomic E-state index is -4.86. The Morgan fingerprint density at radius 2 is 1.69 bits per heavy atom. The molecular formula is C22H12ClF2N5O8S. The zero-order chi connectivity index (χ0) is 28.6. The number of carboxylic acid groups (broad SMARTS) is 2. The number of aromatic nitrogens is 2. The van der Waals surface area contributed by atoms with Gasteiger partial charge in [0.2, 0.25) is 5.95 Å². The molecule has 0 fully saturated rings. The first kappa shape index (κ1) is 27.2. The van der Waals surface area contributed by atoms with Crippen molar-refractivity contribution < 1.29 is 46.7 Å². The third-order valence-electron chi connectivity index (χ3n) is 5.06. The van der Waals surface area contributed by atoms with Crippen LogP contribution in [0.4, 0.5) is 31.7 Å². The molecule has 0 aliphatic heterocycles. The normalized spacial score (nSPS) is 11.7. The number of hydrogen-bond donors (Lipinski definition) is 5. The molecule has 0 unspecified atom stereocenters. The van der Waals surface area contributed by atoms with Crippen molar-refractivity contribution in [1.29, 1.82) is 0 Å². The highest BCUT2D eigenvalue weighted by atomic mass is 35.5. The van der Waals surface area contributed by atoms with Crippen LogP contribution in [0, 0.1) is 12.0 Å². The van der Waals surface area contributed by atoms with E-state index in [0.717, 1.165) is 30.3 Å². The molecule has 1 aromatic heterocycles. The minimum Gasteiger partial charge on any atom is -0.505 e. The van der Waals surface area contributed by atoms with Crippen LogP contribution >= 0.6 is 11.6 Å². The van der Waals surface area contributed by atoms with Crippen molar-refractivity contribution in [2.45, 2.75) is 4.90 Å². The molecule has 200 valence electrons. The molecule has 13 nitrogen and oxygen atoms in total. The second kappa shape index (κ2) is 10.2. The fraction of sp³-hybridized carbons (Fsp3) is 0. The van der Waals surface area contributed by atoms with Gasteiger partial charge < -0.3 is 20.6 Å². The van der Waals surface area contributed by atoms with E-state index < -0.39 is 66.8 Å². The van der Waals surface area contributed by atoms with Crippen LogP contribution in [0.1, 0.15) is 20.7 Å². The zero-order valence-corrected chi connectivity index (χ0v) is 20.4. The van der Waals surface area contributed by atoms with Crippen LogP contribution in [0.3, 0.4) is 0 Å². The quantitative estimate of drug-likeness (QED) is 0.0843. The predicted molar refractivity (Wildman–Crippen MR) is 130 cm³/mol. The fourth-order valence-electron chi connectivity index (χ4n) is 3.36. The molecule has 0 amide bonds. The van der Waals surface area contributed by atoms with Crippen LogP contribution in [-0.2, 0) is 10.1 Å². The van der Waals surface area contributed by atoms with Crippen LogP contribution in [0.2, 0.25) is 5.02 Å². The SMILES string of the molecule is O=C(O)c1ccc2c(N=Nc3cc(Nc4nc(F)nc(F)c4Cl)cc(S(=O)(=O)O)c3)c(O)c(C(=O)O)cc2c1. The second-order valence-electron chi connectivity index (χ2n) is 7.63. The molecular weight excluding hydrogens is 568 g/mol. The van der Waals surface area contributed by atoms with Gasteiger partial charge in [0, 0.05) is 11.1 Å². The summed E-state index contributed by atoms with van der Waals surface area (Å²) in [5.74, 6) is -5.69. The molecule has 5 N–H and O–H groups in total. The van der Waals surface area contributed by atoms with Gasteiger partial charge in [-0.05, 0) is 41.8 Å². The number of aromatic hydroxyl groups is 1. The number of aromatic carboxylic acids is 2. The molecule has 0 spiro atoms. The van der Waals surface area contributed by atoms with Crippen LogP contribution in [-0.4, -0.2) is 50.2 Å². The summed E-state index contributed by atoms with van der Waals surface area (Å²) in [7, 11) is -4.86. The molecule has 0 radical (unpaired) electrons. The summed E-state index contributed by atoms with van der Waals surface area (Å²) in [6, 6.07) is 7.39. The molecule has 3 aromatic carbocycles. The van der Waals surface area contributed by atoms with Crippen LogP contribution in [0.15, 0.2) is 57.6 Å². The average molecular weight is 580 g/mol. The van der Waals surface area contributed by atoms with Gasteiger partial charge in [-0.25, -0.2) is 9.59 Å². The van der Waals surface area contributed by atoms with Gasteiger partial charge in [-0.15, -0.1) is 5.11 Å². The Labute approximate surface area is 220 Å². The number of azo groups is 1. The number of hydrogen-bond acceptors (Lipinski definition) is 10. The molecule has 17 heteroatoms. The van der Waals surface area contributed by atoms with Gasteiger partial charge in [-0.3, -0.25) is 4.55 Å². The summed E-state index contributed by atoms with van der Waals surface area (Å²) >= 11 is 5.72. The first-order valence-corrected chi connectivity index (χ1v) is 12.0. The van der Waals surface area contributed by atoms with Crippen molar-refractivity contribution in [1.82, 2.24) is 9.97 Å². The number of nitrogens with zero attached hydrogens (tertiary/aromatic N) is 4. The first-order chi connectivity index (χ1) is 18.2. The molecule has 0 atom stereocenters. The maximum atomic E-state index is 13.7.